The number of hydrogen-bond donors (Lipinski definition) is 6. The largest absolute Gasteiger partial charge is 0.479 e. The van der Waals surface area contributed by atoms with E-state index in [1.165, 1.54) is 13.8 Å². The van der Waals surface area contributed by atoms with Gasteiger partial charge in [-0.25, -0.2) is 13.2 Å². The molecule has 2 heterocycles. The highest BCUT2D eigenvalue weighted by Gasteiger charge is 2.51. The Bertz CT molecular complexity index is 1190. The third-order valence-corrected chi connectivity index (χ3v) is 7.94. The molecule has 0 saturated carbocycles. The minimum atomic E-state index is -4.66. The molecule has 13 nitrogen and oxygen atoms in total. The van der Waals surface area contributed by atoms with Crippen LogP contribution in [-0.2, 0) is 24.3 Å². The van der Waals surface area contributed by atoms with E-state index in [9.17, 15) is 23.1 Å². The van der Waals surface area contributed by atoms with Crippen LogP contribution in [-0.4, -0.2) is 53.9 Å². The van der Waals surface area contributed by atoms with Crippen LogP contribution < -0.4 is 22.3 Å². The molecule has 1 amide bonds. The van der Waals surface area contributed by atoms with Crippen molar-refractivity contribution >= 4 is 27.5 Å². The van der Waals surface area contributed by atoms with E-state index >= 15 is 0 Å². The normalized spacial score (nSPS) is 20.0. The molecule has 1 aromatic carbocycles. The summed E-state index contributed by atoms with van der Waals surface area (Å²) in [7, 11) is -4.66. The monoisotopic (exact) mass is 494 g/mol. The first-order valence-corrected chi connectivity index (χ1v) is 11.7. The molecule has 0 radical (unpaired) electrons. The van der Waals surface area contributed by atoms with Crippen molar-refractivity contribution in [2.24, 2.45) is 11.5 Å². The van der Waals surface area contributed by atoms with Gasteiger partial charge in [-0.1, -0.05) is 29.4 Å². The molecule has 3 rings (SSSR count). The van der Waals surface area contributed by atoms with Crippen molar-refractivity contribution in [3.05, 3.63) is 46.8 Å². The van der Waals surface area contributed by atoms with E-state index in [0.717, 1.165) is 5.56 Å². The number of nitrogen functional groups attached to an aromatic ring is 1. The molecule has 1 aliphatic rings. The Kier molecular flexibility index (Phi) is 7.07. The summed E-state index contributed by atoms with van der Waals surface area (Å²) in [6, 6.07) is 6.76. The van der Waals surface area contributed by atoms with E-state index in [0.29, 0.717) is 12.0 Å². The van der Waals surface area contributed by atoms with Gasteiger partial charge < -0.3 is 26.4 Å². The minimum Gasteiger partial charge on any atom is -0.479 e. The second-order valence-corrected chi connectivity index (χ2v) is 10.2. The number of nitrogens with two attached hydrogens (primary N) is 2. The van der Waals surface area contributed by atoms with Gasteiger partial charge in [0, 0.05) is 5.56 Å². The van der Waals surface area contributed by atoms with Crippen LogP contribution in [0.15, 0.2) is 33.7 Å². The van der Waals surface area contributed by atoms with Gasteiger partial charge in [0.05, 0.1) is 30.8 Å². The van der Waals surface area contributed by atoms with Gasteiger partial charge in [-0.05, 0) is 25.8 Å². The third kappa shape index (κ3) is 4.79. The lowest BCUT2D eigenvalue weighted by atomic mass is 9.99. The van der Waals surface area contributed by atoms with Gasteiger partial charge in [-0.15, -0.1) is 0 Å². The molecule has 14 heteroatoms. The number of amidine groups is 1. The predicted molar refractivity (Wildman–Crippen MR) is 118 cm³/mol. The zero-order valence-electron chi connectivity index (χ0n) is 18.5. The Morgan fingerprint density at radius 2 is 1.97 bits per heavy atom. The Labute approximate surface area is 195 Å². The number of aliphatic carboxylic acids is 1. The first-order valence-electron chi connectivity index (χ1n) is 10.2. The zero-order valence-corrected chi connectivity index (χ0v) is 19.3. The summed E-state index contributed by atoms with van der Waals surface area (Å²) in [5.41, 5.74) is 15.5. The van der Waals surface area contributed by atoms with Crippen LogP contribution in [0.5, 0.6) is 0 Å². The van der Waals surface area contributed by atoms with E-state index in [2.05, 4.69) is 16.0 Å². The maximum absolute atomic E-state index is 13.0. The number of amides is 1. The Morgan fingerprint density at radius 1 is 1.32 bits per heavy atom. The van der Waals surface area contributed by atoms with E-state index < -0.39 is 44.1 Å². The summed E-state index contributed by atoms with van der Waals surface area (Å²) in [6.45, 7) is 1.80. The number of benzene rings is 1. The average molecular weight is 495 g/mol. The summed E-state index contributed by atoms with van der Waals surface area (Å²) in [5, 5.41) is 22.9. The molecule has 1 aromatic heterocycles. The van der Waals surface area contributed by atoms with Crippen LogP contribution in [0.25, 0.3) is 0 Å². The van der Waals surface area contributed by atoms with Crippen molar-refractivity contribution < 1.29 is 32.5 Å². The maximum atomic E-state index is 13.0. The summed E-state index contributed by atoms with van der Waals surface area (Å²) >= 11 is 0. The molecule has 3 atom stereocenters. The number of sulfone groups is 1. The first kappa shape index (κ1) is 25.3. The van der Waals surface area contributed by atoms with Crippen LogP contribution in [0, 0.1) is 19.3 Å². The van der Waals surface area contributed by atoms with Gasteiger partial charge in [-0.3, -0.25) is 15.0 Å². The van der Waals surface area contributed by atoms with Crippen molar-refractivity contribution in [2.45, 2.75) is 48.6 Å². The molecule has 184 valence electrons. The van der Waals surface area contributed by atoms with Crippen LogP contribution >= 0.6 is 0 Å². The van der Waals surface area contributed by atoms with Crippen LogP contribution in [0.3, 0.4) is 0 Å². The molecule has 1 saturated heterocycles. The molecule has 0 unspecified atom stereocenters. The molecule has 1 fully saturated rings. The third-order valence-electron chi connectivity index (χ3n) is 5.54. The number of aryl methyl sites for hydroxylation is 2. The number of hydroxylamine groups is 1. The quantitative estimate of drug-likeness (QED) is 0.195. The Morgan fingerprint density at radius 3 is 2.50 bits per heavy atom. The van der Waals surface area contributed by atoms with E-state index in [4.69, 9.17) is 26.2 Å². The number of hydrogen-bond acceptors (Lipinski definition) is 10. The van der Waals surface area contributed by atoms with Gasteiger partial charge >= 0.3 is 5.97 Å². The fourth-order valence-corrected chi connectivity index (χ4v) is 5.29. The Hall–Kier alpha value is -3.33. The second kappa shape index (κ2) is 9.50. The minimum absolute atomic E-state index is 0.0345. The number of carboxylic acid groups (broad SMARTS) is 1. The lowest BCUT2D eigenvalue weighted by molar-refractivity contribution is -0.140. The maximum Gasteiger partial charge on any atom is 0.341 e. The molecular weight excluding hydrogens is 468 g/mol. The molecule has 1 aliphatic heterocycles. The van der Waals surface area contributed by atoms with E-state index in [1.54, 1.807) is 24.3 Å². The van der Waals surface area contributed by atoms with Gasteiger partial charge in [0.1, 0.15) is 10.7 Å². The summed E-state index contributed by atoms with van der Waals surface area (Å²) in [4.78, 5) is 26.5. The summed E-state index contributed by atoms with van der Waals surface area (Å²) in [5.74, 6) is -2.62. The molecule has 34 heavy (non-hydrogen) atoms. The topological polar surface area (TPSA) is 224 Å². The number of carboxylic acids is 1. The van der Waals surface area contributed by atoms with Gasteiger partial charge in [-0.2, -0.15) is 5.48 Å². The fraction of sp³-hybridized carbons (Fsp3) is 0.400. The first-order chi connectivity index (χ1) is 15.9. The van der Waals surface area contributed by atoms with Crippen molar-refractivity contribution in [1.82, 2.24) is 16.0 Å². The van der Waals surface area contributed by atoms with E-state index in [1.807, 2.05) is 0 Å². The molecule has 0 spiro atoms. The van der Waals surface area contributed by atoms with Crippen LogP contribution in [0.1, 0.15) is 41.5 Å². The number of carbonyl (C=O) groups is 2. The van der Waals surface area contributed by atoms with Gasteiger partial charge in [0.15, 0.2) is 5.76 Å². The second-order valence-electron chi connectivity index (χ2n) is 8.01. The number of nitrogens with one attached hydrogen (secondary N) is 3. The standard InChI is InChI=1S/C20H26N6O7S/c1-10-17(11(2)32-25-10)34(30,31)20(23,19(28)29)9-24-16(27)8-14-7-15(26-33-14)12-3-5-13(6-4-12)18(21)22/h3-6,14-15,26H,7-9,23H2,1-2H3,(H3,21,22)(H,24,27)(H,28,29)/t14-,15+,20+/m1/s1. The highest BCUT2D eigenvalue weighted by Crippen LogP contribution is 2.29. The molecule has 0 bridgehead atoms. The smallest absolute Gasteiger partial charge is 0.341 e. The number of carbonyl (C=O) groups excluding carboxylic acids is 1. The Balaban J connectivity index is 1.63. The summed E-state index contributed by atoms with van der Waals surface area (Å²) < 4.78 is 30.8. The van der Waals surface area contributed by atoms with Gasteiger partial charge in [0.2, 0.25) is 20.6 Å². The number of nitrogens with zero attached hydrogens (tertiary/aromatic N) is 1. The molecule has 8 N–H and O–H groups in total. The van der Waals surface area contributed by atoms with Crippen LogP contribution in [0.4, 0.5) is 0 Å². The molecular formula is C20H26N6O7S. The van der Waals surface area contributed by atoms with Crippen molar-refractivity contribution in [3.8, 4) is 0 Å². The lowest BCUT2D eigenvalue weighted by Crippen LogP contribution is -2.61. The number of aromatic nitrogens is 1. The SMILES string of the molecule is Cc1noc(C)c1S(=O)(=O)[C@@](N)(CNC(=O)C[C@H]1C[C@@H](c2ccc(C(=N)N)cc2)NO1)C(=O)O. The van der Waals surface area contributed by atoms with Crippen molar-refractivity contribution in [1.29, 1.82) is 5.41 Å². The van der Waals surface area contributed by atoms with Crippen molar-refractivity contribution in [2.75, 3.05) is 6.54 Å². The molecule has 0 aliphatic carbocycles. The van der Waals surface area contributed by atoms with E-state index in [-0.39, 0.29) is 29.8 Å². The lowest BCUT2D eigenvalue weighted by Gasteiger charge is -2.25. The van der Waals surface area contributed by atoms with Gasteiger partial charge in [0.25, 0.3) is 0 Å². The summed E-state index contributed by atoms with van der Waals surface area (Å²) in [6.07, 6.45) is -0.277. The highest BCUT2D eigenvalue weighted by atomic mass is 32.2. The average Bonchev–Trinajstić information content (AvgIpc) is 3.37. The molecule has 2 aromatic rings. The highest BCUT2D eigenvalue weighted by molar-refractivity contribution is 7.93. The predicted octanol–water partition coefficient (Wildman–Crippen LogP) is -0.370. The fourth-order valence-electron chi connectivity index (χ4n) is 3.60. The number of rotatable bonds is 9. The van der Waals surface area contributed by atoms with Crippen LogP contribution in [0.2, 0.25) is 0 Å². The van der Waals surface area contributed by atoms with Crippen molar-refractivity contribution in [3.63, 3.8) is 0 Å². The zero-order chi connectivity index (χ0) is 25.3.